The molecule has 108 valence electrons. The van der Waals surface area contributed by atoms with E-state index in [2.05, 4.69) is 17.0 Å². The second-order valence-corrected chi connectivity index (χ2v) is 4.68. The van der Waals surface area contributed by atoms with Crippen molar-refractivity contribution in [2.24, 2.45) is 0 Å². The molecular weight excluding hydrogens is 268 g/mol. The summed E-state index contributed by atoms with van der Waals surface area (Å²) in [6.45, 7) is 5.34. The van der Waals surface area contributed by atoms with Crippen LogP contribution in [0, 0.1) is 0 Å². The first kappa shape index (κ1) is 13.2. The molecule has 1 aliphatic heterocycles. The first-order valence-electron chi connectivity index (χ1n) is 6.70. The predicted molar refractivity (Wildman–Crippen MR) is 81.1 cm³/mol. The Morgan fingerprint density at radius 3 is 3.10 bits per heavy atom. The number of hydrogen-bond acceptors (Lipinski definition) is 4. The lowest BCUT2D eigenvalue weighted by atomic mass is 10.2. The van der Waals surface area contributed by atoms with E-state index in [9.17, 15) is 4.79 Å². The van der Waals surface area contributed by atoms with Gasteiger partial charge in [-0.3, -0.25) is 4.90 Å². The highest BCUT2D eigenvalue weighted by atomic mass is 16.6. The van der Waals surface area contributed by atoms with Crippen molar-refractivity contribution in [1.29, 1.82) is 0 Å². The van der Waals surface area contributed by atoms with Crippen LogP contribution in [0.1, 0.15) is 5.56 Å². The third kappa shape index (κ3) is 2.89. The molecule has 1 saturated heterocycles. The molecule has 21 heavy (non-hydrogen) atoms. The van der Waals surface area contributed by atoms with E-state index in [1.165, 1.54) is 0 Å². The molecule has 6 heteroatoms. The maximum absolute atomic E-state index is 11.6. The number of amides is 1. The Hall–Kier alpha value is -2.76. The van der Waals surface area contributed by atoms with Gasteiger partial charge in [0.2, 0.25) is 0 Å². The minimum atomic E-state index is -0.292. The molecular formula is C15H16N4O2. The van der Waals surface area contributed by atoms with Gasteiger partial charge in [-0.05, 0) is 18.2 Å². The van der Waals surface area contributed by atoms with Gasteiger partial charge in [0.25, 0.3) is 0 Å². The molecule has 3 rings (SSSR count). The minimum absolute atomic E-state index is 0.292. The summed E-state index contributed by atoms with van der Waals surface area (Å²) in [5.74, 6) is 0. The van der Waals surface area contributed by atoms with Crippen LogP contribution in [0.15, 0.2) is 43.2 Å². The van der Waals surface area contributed by atoms with E-state index in [1.54, 1.807) is 22.0 Å². The zero-order valence-corrected chi connectivity index (χ0v) is 11.5. The van der Waals surface area contributed by atoms with Crippen LogP contribution in [0.5, 0.6) is 0 Å². The number of nitrogens with zero attached hydrogens (tertiary/aromatic N) is 3. The van der Waals surface area contributed by atoms with Crippen LogP contribution in [0.4, 0.5) is 16.2 Å². The summed E-state index contributed by atoms with van der Waals surface area (Å²) in [7, 11) is 0. The minimum Gasteiger partial charge on any atom is -0.447 e. The van der Waals surface area contributed by atoms with Gasteiger partial charge in [0, 0.05) is 35.9 Å². The van der Waals surface area contributed by atoms with Crippen LogP contribution in [0.2, 0.25) is 0 Å². The standard InChI is InChI=1S/C15H16N4O2/c1-2-18-11-12(10-17-18)9-16-13-4-3-5-14(8-13)19-6-7-21-15(19)20/h2-5,8,10-11,16H,1,6-7,9H2. The van der Waals surface area contributed by atoms with Gasteiger partial charge in [0.1, 0.15) is 6.61 Å². The summed E-state index contributed by atoms with van der Waals surface area (Å²) >= 11 is 0. The lowest BCUT2D eigenvalue weighted by Gasteiger charge is -2.14. The molecule has 0 spiro atoms. The average molecular weight is 284 g/mol. The summed E-state index contributed by atoms with van der Waals surface area (Å²) in [6, 6.07) is 7.71. The van der Waals surface area contributed by atoms with E-state index in [4.69, 9.17) is 4.74 Å². The van der Waals surface area contributed by atoms with Crippen molar-refractivity contribution in [2.45, 2.75) is 6.54 Å². The number of carbonyl (C=O) groups is 1. The van der Waals surface area contributed by atoms with Crippen molar-refractivity contribution in [2.75, 3.05) is 23.4 Å². The molecule has 6 nitrogen and oxygen atoms in total. The molecule has 0 unspecified atom stereocenters. The Labute approximate surface area is 122 Å². The molecule has 0 saturated carbocycles. The number of aromatic nitrogens is 2. The third-order valence-electron chi connectivity index (χ3n) is 3.26. The van der Waals surface area contributed by atoms with Gasteiger partial charge in [0.05, 0.1) is 12.7 Å². The Balaban J connectivity index is 1.68. The van der Waals surface area contributed by atoms with Crippen molar-refractivity contribution < 1.29 is 9.53 Å². The normalized spacial score (nSPS) is 14.1. The second-order valence-electron chi connectivity index (χ2n) is 4.68. The van der Waals surface area contributed by atoms with Crippen molar-refractivity contribution in [1.82, 2.24) is 9.78 Å². The number of cyclic esters (lactones) is 1. The molecule has 1 fully saturated rings. The number of nitrogens with one attached hydrogen (secondary N) is 1. The molecule has 1 N–H and O–H groups in total. The highest BCUT2D eigenvalue weighted by Gasteiger charge is 2.23. The fraction of sp³-hybridized carbons (Fsp3) is 0.200. The van der Waals surface area contributed by atoms with E-state index in [0.717, 1.165) is 16.9 Å². The Morgan fingerprint density at radius 2 is 2.38 bits per heavy atom. The fourth-order valence-electron chi connectivity index (χ4n) is 2.18. The SMILES string of the molecule is C=Cn1cc(CNc2cccc(N3CCOC3=O)c2)cn1. The molecule has 1 amide bonds. The van der Waals surface area contributed by atoms with Gasteiger partial charge in [-0.15, -0.1) is 0 Å². The Bertz CT molecular complexity index is 665. The maximum Gasteiger partial charge on any atom is 0.414 e. The van der Waals surface area contributed by atoms with E-state index < -0.39 is 0 Å². The van der Waals surface area contributed by atoms with Crippen molar-refractivity contribution in [3.8, 4) is 0 Å². The summed E-state index contributed by atoms with van der Waals surface area (Å²) in [4.78, 5) is 13.2. The first-order chi connectivity index (χ1) is 10.3. The number of benzene rings is 1. The zero-order chi connectivity index (χ0) is 14.7. The highest BCUT2D eigenvalue weighted by Crippen LogP contribution is 2.22. The van der Waals surface area contributed by atoms with Crippen molar-refractivity contribution in [3.63, 3.8) is 0 Å². The molecule has 2 heterocycles. The predicted octanol–water partition coefficient (Wildman–Crippen LogP) is 2.55. The summed E-state index contributed by atoms with van der Waals surface area (Å²) in [5, 5.41) is 7.44. The number of carbonyl (C=O) groups excluding carboxylic acids is 1. The van der Waals surface area contributed by atoms with Gasteiger partial charge in [-0.25, -0.2) is 9.48 Å². The smallest absolute Gasteiger partial charge is 0.414 e. The monoisotopic (exact) mass is 284 g/mol. The van der Waals surface area contributed by atoms with Crippen molar-refractivity contribution >= 4 is 23.7 Å². The van der Waals surface area contributed by atoms with Gasteiger partial charge < -0.3 is 10.1 Å². The molecule has 1 aromatic heterocycles. The molecule has 0 atom stereocenters. The number of hydrogen-bond donors (Lipinski definition) is 1. The second kappa shape index (κ2) is 5.70. The zero-order valence-electron chi connectivity index (χ0n) is 11.5. The van der Waals surface area contributed by atoms with E-state index >= 15 is 0 Å². The largest absolute Gasteiger partial charge is 0.447 e. The van der Waals surface area contributed by atoms with Crippen LogP contribution in [0.25, 0.3) is 6.20 Å². The molecule has 0 radical (unpaired) electrons. The molecule has 1 aliphatic rings. The summed E-state index contributed by atoms with van der Waals surface area (Å²) in [6.07, 6.45) is 5.04. The summed E-state index contributed by atoms with van der Waals surface area (Å²) < 4.78 is 6.61. The quantitative estimate of drug-likeness (QED) is 0.916. The number of anilines is 2. The summed E-state index contributed by atoms with van der Waals surface area (Å²) in [5.41, 5.74) is 2.84. The fourth-order valence-corrected chi connectivity index (χ4v) is 2.18. The number of rotatable bonds is 5. The Morgan fingerprint density at radius 1 is 1.48 bits per heavy atom. The van der Waals surface area contributed by atoms with Crippen LogP contribution >= 0.6 is 0 Å². The molecule has 0 bridgehead atoms. The van der Waals surface area contributed by atoms with Gasteiger partial charge >= 0.3 is 6.09 Å². The van der Waals surface area contributed by atoms with E-state index in [1.807, 2.05) is 30.5 Å². The third-order valence-corrected chi connectivity index (χ3v) is 3.26. The van der Waals surface area contributed by atoms with E-state index in [0.29, 0.717) is 19.7 Å². The highest BCUT2D eigenvalue weighted by molar-refractivity contribution is 5.89. The van der Waals surface area contributed by atoms with Gasteiger partial charge in [0.15, 0.2) is 0 Å². The molecule has 1 aromatic carbocycles. The van der Waals surface area contributed by atoms with Crippen LogP contribution in [0.3, 0.4) is 0 Å². The Kier molecular flexibility index (Phi) is 3.59. The van der Waals surface area contributed by atoms with Crippen molar-refractivity contribution in [3.05, 3.63) is 48.8 Å². The number of ether oxygens (including phenoxy) is 1. The maximum atomic E-state index is 11.6. The van der Waals surface area contributed by atoms with Crippen LogP contribution in [-0.2, 0) is 11.3 Å². The van der Waals surface area contributed by atoms with Gasteiger partial charge in [-0.2, -0.15) is 5.10 Å². The first-order valence-corrected chi connectivity index (χ1v) is 6.70. The van der Waals surface area contributed by atoms with Crippen LogP contribution < -0.4 is 10.2 Å². The average Bonchev–Trinajstić information content (AvgIpc) is 3.14. The lowest BCUT2D eigenvalue weighted by molar-refractivity contribution is 0.181. The van der Waals surface area contributed by atoms with E-state index in [-0.39, 0.29) is 6.09 Å². The topological polar surface area (TPSA) is 59.4 Å². The van der Waals surface area contributed by atoms with Crippen LogP contribution in [-0.4, -0.2) is 29.0 Å². The van der Waals surface area contributed by atoms with Gasteiger partial charge in [-0.1, -0.05) is 12.6 Å². The molecule has 0 aliphatic carbocycles. The lowest BCUT2D eigenvalue weighted by Crippen LogP contribution is -2.23. The molecule has 2 aromatic rings.